The fourth-order valence-corrected chi connectivity index (χ4v) is 2.02. The van der Waals surface area contributed by atoms with Crippen LogP contribution in [0.15, 0.2) is 34.9 Å². The zero-order chi connectivity index (χ0) is 16.3. The Kier molecular flexibility index (Phi) is 11.6. The van der Waals surface area contributed by atoms with E-state index < -0.39 is 0 Å². The van der Waals surface area contributed by atoms with Gasteiger partial charge in [-0.05, 0) is 46.5 Å². The highest BCUT2D eigenvalue weighted by atomic mass is 127. The van der Waals surface area contributed by atoms with Crippen LogP contribution in [0.4, 0.5) is 0 Å². The minimum absolute atomic E-state index is 0.116. The maximum absolute atomic E-state index is 11.6. The first kappa shape index (κ1) is 20.4. The summed E-state index contributed by atoms with van der Waals surface area (Å²) in [6, 6.07) is 0. The SMILES string of the molecule is CON(C)C(=O)/C=C(\C)CC/C=C(\C)CC/C=C(\C)CI. The number of carbonyl (C=O) groups excluding carboxylic acids is 1. The zero-order valence-electron chi connectivity index (χ0n) is 13.9. The summed E-state index contributed by atoms with van der Waals surface area (Å²) < 4.78 is 1.11. The largest absolute Gasteiger partial charge is 0.274 e. The molecule has 0 unspecified atom stereocenters. The number of hydrogen-bond acceptors (Lipinski definition) is 2. The summed E-state index contributed by atoms with van der Waals surface area (Å²) in [6.45, 7) is 6.33. The van der Waals surface area contributed by atoms with Crippen LogP contribution in [0.1, 0.15) is 46.5 Å². The Morgan fingerprint density at radius 3 is 2.10 bits per heavy atom. The lowest BCUT2D eigenvalue weighted by Crippen LogP contribution is -2.23. The maximum atomic E-state index is 11.6. The summed E-state index contributed by atoms with van der Waals surface area (Å²) in [7, 11) is 3.10. The molecular weight excluding hydrogens is 377 g/mol. The molecule has 4 heteroatoms. The molecule has 0 fully saturated rings. The van der Waals surface area contributed by atoms with E-state index in [1.807, 2.05) is 6.92 Å². The molecular formula is C17H28INO2. The van der Waals surface area contributed by atoms with Crippen LogP contribution in [-0.2, 0) is 9.63 Å². The fourth-order valence-electron chi connectivity index (χ4n) is 1.71. The fraction of sp³-hybridized carbons (Fsp3) is 0.588. The van der Waals surface area contributed by atoms with Gasteiger partial charge < -0.3 is 0 Å². The molecule has 1 amide bonds. The second kappa shape index (κ2) is 12.0. The quantitative estimate of drug-likeness (QED) is 0.181. The number of hydroxylamine groups is 2. The first-order chi connectivity index (χ1) is 9.90. The number of nitrogens with zero attached hydrogens (tertiary/aromatic N) is 1. The third kappa shape index (κ3) is 10.7. The highest BCUT2D eigenvalue weighted by Gasteiger charge is 2.03. The first-order valence-electron chi connectivity index (χ1n) is 7.26. The van der Waals surface area contributed by atoms with Crippen molar-refractivity contribution in [3.63, 3.8) is 0 Å². The van der Waals surface area contributed by atoms with E-state index in [1.165, 1.54) is 23.3 Å². The Hall–Kier alpha value is -0.620. The molecule has 3 nitrogen and oxygen atoms in total. The molecule has 0 rings (SSSR count). The van der Waals surface area contributed by atoms with Crippen LogP contribution in [0.5, 0.6) is 0 Å². The number of rotatable bonds is 9. The van der Waals surface area contributed by atoms with E-state index in [1.54, 1.807) is 13.1 Å². The van der Waals surface area contributed by atoms with Crippen LogP contribution in [0.3, 0.4) is 0 Å². The van der Waals surface area contributed by atoms with Crippen molar-refractivity contribution < 1.29 is 9.63 Å². The lowest BCUT2D eigenvalue weighted by Gasteiger charge is -2.11. The van der Waals surface area contributed by atoms with Gasteiger partial charge in [0.05, 0.1) is 7.11 Å². The minimum Gasteiger partial charge on any atom is -0.274 e. The van der Waals surface area contributed by atoms with E-state index >= 15 is 0 Å². The van der Waals surface area contributed by atoms with Gasteiger partial charge in [0.2, 0.25) is 0 Å². The van der Waals surface area contributed by atoms with E-state index in [4.69, 9.17) is 4.84 Å². The summed E-state index contributed by atoms with van der Waals surface area (Å²) >= 11 is 2.39. The molecule has 0 aliphatic rings. The van der Waals surface area contributed by atoms with Crippen LogP contribution in [0, 0.1) is 0 Å². The third-order valence-electron chi connectivity index (χ3n) is 3.23. The third-order valence-corrected chi connectivity index (χ3v) is 4.43. The molecule has 0 radical (unpaired) electrons. The van der Waals surface area contributed by atoms with E-state index in [0.29, 0.717) is 0 Å². The van der Waals surface area contributed by atoms with Crippen molar-refractivity contribution in [2.75, 3.05) is 18.6 Å². The van der Waals surface area contributed by atoms with Gasteiger partial charge in [-0.15, -0.1) is 0 Å². The number of alkyl halides is 1. The molecule has 0 bridgehead atoms. The van der Waals surface area contributed by atoms with Crippen LogP contribution >= 0.6 is 22.6 Å². The maximum Gasteiger partial charge on any atom is 0.269 e. The second-order valence-electron chi connectivity index (χ2n) is 5.32. The number of allylic oxidation sites excluding steroid dienone is 5. The molecule has 0 spiro atoms. The van der Waals surface area contributed by atoms with Gasteiger partial charge in [0.1, 0.15) is 0 Å². The second-order valence-corrected chi connectivity index (χ2v) is 6.08. The summed E-state index contributed by atoms with van der Waals surface area (Å²) in [6.07, 6.45) is 10.3. The number of carbonyl (C=O) groups is 1. The molecule has 0 saturated carbocycles. The average Bonchev–Trinajstić information content (AvgIpc) is 2.45. The highest BCUT2D eigenvalue weighted by molar-refractivity contribution is 14.1. The van der Waals surface area contributed by atoms with Crippen LogP contribution < -0.4 is 0 Å². The average molecular weight is 405 g/mol. The Morgan fingerprint density at radius 2 is 1.57 bits per heavy atom. The van der Waals surface area contributed by atoms with E-state index in [-0.39, 0.29) is 5.91 Å². The Labute approximate surface area is 143 Å². The molecule has 0 aliphatic carbocycles. The minimum atomic E-state index is -0.116. The lowest BCUT2D eigenvalue weighted by molar-refractivity contribution is -0.162. The predicted molar refractivity (Wildman–Crippen MR) is 98.4 cm³/mol. The van der Waals surface area contributed by atoms with Crippen molar-refractivity contribution in [3.8, 4) is 0 Å². The van der Waals surface area contributed by atoms with Gasteiger partial charge in [-0.1, -0.05) is 51.5 Å². The van der Waals surface area contributed by atoms with Crippen LogP contribution in [0.25, 0.3) is 0 Å². The summed E-state index contributed by atoms with van der Waals surface area (Å²) in [5.74, 6) is -0.116. The molecule has 21 heavy (non-hydrogen) atoms. The van der Waals surface area contributed by atoms with Crippen molar-refractivity contribution in [2.45, 2.75) is 46.5 Å². The predicted octanol–water partition coefficient (Wildman–Crippen LogP) is 4.84. The van der Waals surface area contributed by atoms with Gasteiger partial charge in [0.15, 0.2) is 0 Å². The van der Waals surface area contributed by atoms with Crippen LogP contribution in [0.2, 0.25) is 0 Å². The monoisotopic (exact) mass is 405 g/mol. The smallest absolute Gasteiger partial charge is 0.269 e. The van der Waals surface area contributed by atoms with Crippen LogP contribution in [-0.4, -0.2) is 29.6 Å². The summed E-state index contributed by atoms with van der Waals surface area (Å²) in [5, 5.41) is 1.23. The molecule has 0 aliphatic heterocycles. The zero-order valence-corrected chi connectivity index (χ0v) is 16.1. The normalized spacial score (nSPS) is 13.5. The van der Waals surface area contributed by atoms with Gasteiger partial charge in [0, 0.05) is 17.6 Å². The van der Waals surface area contributed by atoms with Crippen molar-refractivity contribution >= 4 is 28.5 Å². The Morgan fingerprint density at radius 1 is 1.05 bits per heavy atom. The molecule has 0 aromatic carbocycles. The highest BCUT2D eigenvalue weighted by Crippen LogP contribution is 2.12. The van der Waals surface area contributed by atoms with Gasteiger partial charge in [-0.3, -0.25) is 9.63 Å². The van der Waals surface area contributed by atoms with Crippen molar-refractivity contribution in [3.05, 3.63) is 34.9 Å². The molecule has 0 aromatic heterocycles. The molecule has 0 atom stereocenters. The molecule has 0 N–H and O–H groups in total. The van der Waals surface area contributed by atoms with Gasteiger partial charge in [-0.2, -0.15) is 0 Å². The van der Waals surface area contributed by atoms with Gasteiger partial charge in [0.25, 0.3) is 5.91 Å². The van der Waals surface area contributed by atoms with Gasteiger partial charge in [-0.25, -0.2) is 5.06 Å². The number of amides is 1. The topological polar surface area (TPSA) is 29.5 Å². The summed E-state index contributed by atoms with van der Waals surface area (Å²) in [4.78, 5) is 16.5. The lowest BCUT2D eigenvalue weighted by atomic mass is 10.1. The Balaban J connectivity index is 4.13. The Bertz CT molecular complexity index is 411. The van der Waals surface area contributed by atoms with E-state index in [9.17, 15) is 4.79 Å². The molecule has 0 aromatic rings. The number of likely N-dealkylation sites (N-methyl/N-ethyl adjacent to an activating group) is 1. The van der Waals surface area contributed by atoms with Crippen molar-refractivity contribution in [1.29, 1.82) is 0 Å². The van der Waals surface area contributed by atoms with Crippen molar-refractivity contribution in [1.82, 2.24) is 5.06 Å². The standard InChI is InChI=1S/C17H28INO2/c1-14(9-7-11-16(3)13-18)8-6-10-15(2)12-17(20)19(4)21-5/h8,11-12H,6-7,9-10,13H2,1-5H3/b14-8+,15-12+,16-11+. The molecule has 0 saturated heterocycles. The molecule has 120 valence electrons. The number of hydrogen-bond donors (Lipinski definition) is 0. The number of halogens is 1. The summed E-state index contributed by atoms with van der Waals surface area (Å²) in [5.41, 5.74) is 3.94. The van der Waals surface area contributed by atoms with Gasteiger partial charge >= 0.3 is 0 Å². The van der Waals surface area contributed by atoms with E-state index in [0.717, 1.165) is 35.7 Å². The van der Waals surface area contributed by atoms with E-state index in [2.05, 4.69) is 48.6 Å². The van der Waals surface area contributed by atoms with Crippen molar-refractivity contribution in [2.24, 2.45) is 0 Å². The first-order valence-corrected chi connectivity index (χ1v) is 8.79. The molecule has 0 heterocycles.